The second-order valence-corrected chi connectivity index (χ2v) is 4.03. The van der Waals surface area contributed by atoms with E-state index >= 15 is 0 Å². The summed E-state index contributed by atoms with van der Waals surface area (Å²) < 4.78 is 15.6. The van der Waals surface area contributed by atoms with Crippen molar-refractivity contribution < 1.29 is 19.1 Å². The molecule has 0 bridgehead atoms. The second kappa shape index (κ2) is 9.11. The van der Waals surface area contributed by atoms with E-state index in [0.29, 0.717) is 44.3 Å². The minimum atomic E-state index is -0.443. The summed E-state index contributed by atoms with van der Waals surface area (Å²) in [7, 11) is 3.32. The van der Waals surface area contributed by atoms with Crippen LogP contribution in [0, 0.1) is 10.1 Å². The normalized spacial score (nSPS) is 10.3. The zero-order chi connectivity index (χ0) is 14.8. The molecule has 0 fully saturated rings. The summed E-state index contributed by atoms with van der Waals surface area (Å²) >= 11 is 0. The van der Waals surface area contributed by atoms with Crippen LogP contribution in [0.25, 0.3) is 0 Å². The van der Waals surface area contributed by atoms with Crippen molar-refractivity contribution in [2.75, 3.05) is 45.9 Å². The average Bonchev–Trinajstić information content (AvgIpc) is 2.46. The molecule has 0 spiro atoms. The van der Waals surface area contributed by atoms with Gasteiger partial charge < -0.3 is 19.5 Å². The minimum absolute atomic E-state index is 0.00296. The molecule has 0 saturated carbocycles. The van der Waals surface area contributed by atoms with E-state index in [1.165, 1.54) is 12.1 Å². The number of ether oxygens (including phenoxy) is 3. The van der Waals surface area contributed by atoms with E-state index in [2.05, 4.69) is 5.32 Å². The molecule has 0 unspecified atom stereocenters. The van der Waals surface area contributed by atoms with Crippen LogP contribution < -0.4 is 10.1 Å². The number of hydrogen-bond acceptors (Lipinski definition) is 6. The highest BCUT2D eigenvalue weighted by Crippen LogP contribution is 2.25. The third-order valence-corrected chi connectivity index (χ3v) is 2.52. The van der Waals surface area contributed by atoms with E-state index in [4.69, 9.17) is 14.2 Å². The molecule has 7 nitrogen and oxygen atoms in total. The van der Waals surface area contributed by atoms with Crippen molar-refractivity contribution in [3.8, 4) is 5.75 Å². The molecule has 0 radical (unpaired) electrons. The highest BCUT2D eigenvalue weighted by atomic mass is 16.6. The number of methoxy groups -OCH3 is 1. The molecule has 0 aromatic heterocycles. The maximum absolute atomic E-state index is 10.8. The maximum atomic E-state index is 10.8. The van der Waals surface area contributed by atoms with Gasteiger partial charge in [-0.3, -0.25) is 10.1 Å². The molecule has 7 heteroatoms. The van der Waals surface area contributed by atoms with Crippen molar-refractivity contribution in [3.63, 3.8) is 0 Å². The van der Waals surface area contributed by atoms with E-state index in [1.807, 2.05) is 0 Å². The van der Waals surface area contributed by atoms with Gasteiger partial charge in [-0.15, -0.1) is 0 Å². The first-order chi connectivity index (χ1) is 9.67. The number of nitro groups is 1. The Labute approximate surface area is 118 Å². The number of nitrogens with one attached hydrogen (secondary N) is 1. The van der Waals surface area contributed by atoms with Crippen molar-refractivity contribution >= 4 is 11.4 Å². The lowest BCUT2D eigenvalue weighted by Gasteiger charge is -2.08. The maximum Gasteiger partial charge on any atom is 0.275 e. The van der Waals surface area contributed by atoms with Gasteiger partial charge in [-0.05, 0) is 0 Å². The lowest BCUT2D eigenvalue weighted by Crippen LogP contribution is -2.07. The van der Waals surface area contributed by atoms with Crippen LogP contribution in [0.3, 0.4) is 0 Å². The van der Waals surface area contributed by atoms with E-state index in [0.717, 1.165) is 0 Å². The minimum Gasteiger partial charge on any atom is -0.493 e. The average molecular weight is 284 g/mol. The van der Waals surface area contributed by atoms with Gasteiger partial charge in [0.05, 0.1) is 30.8 Å². The summed E-state index contributed by atoms with van der Waals surface area (Å²) in [6, 6.07) is 4.59. The molecule has 0 saturated heterocycles. The summed E-state index contributed by atoms with van der Waals surface area (Å²) in [5.74, 6) is 0.473. The molecule has 0 aliphatic carbocycles. The first-order valence-electron chi connectivity index (χ1n) is 6.34. The van der Waals surface area contributed by atoms with Crippen molar-refractivity contribution in [1.29, 1.82) is 0 Å². The van der Waals surface area contributed by atoms with Crippen molar-refractivity contribution in [2.45, 2.75) is 6.42 Å². The van der Waals surface area contributed by atoms with Gasteiger partial charge in [-0.25, -0.2) is 0 Å². The van der Waals surface area contributed by atoms with Crippen molar-refractivity contribution in [1.82, 2.24) is 0 Å². The highest BCUT2D eigenvalue weighted by Gasteiger charge is 2.09. The standard InChI is InChI=1S/C13H20N2O5/c1-14-11-8-12(15(16)17)10-13(9-11)20-5-3-4-19-7-6-18-2/h8-10,14H,3-7H2,1-2H3. The summed E-state index contributed by atoms with van der Waals surface area (Å²) in [6.07, 6.45) is 0.710. The van der Waals surface area contributed by atoms with Crippen LogP contribution in [0.5, 0.6) is 5.75 Å². The predicted octanol–water partition coefficient (Wildman–Crippen LogP) is 2.07. The number of rotatable bonds is 10. The zero-order valence-corrected chi connectivity index (χ0v) is 11.8. The topological polar surface area (TPSA) is 82.9 Å². The van der Waals surface area contributed by atoms with Crippen LogP contribution in [0.2, 0.25) is 0 Å². The lowest BCUT2D eigenvalue weighted by atomic mass is 10.2. The molecule has 0 atom stereocenters. The zero-order valence-electron chi connectivity index (χ0n) is 11.8. The quantitative estimate of drug-likeness (QED) is 0.402. The Kier molecular flexibility index (Phi) is 7.38. The van der Waals surface area contributed by atoms with Gasteiger partial charge in [0.25, 0.3) is 5.69 Å². The molecular formula is C13H20N2O5. The van der Waals surface area contributed by atoms with Gasteiger partial charge in [0.2, 0.25) is 0 Å². The molecule has 0 amide bonds. The third-order valence-electron chi connectivity index (χ3n) is 2.52. The molecule has 0 aliphatic heterocycles. The number of benzene rings is 1. The van der Waals surface area contributed by atoms with E-state index < -0.39 is 4.92 Å². The monoisotopic (exact) mass is 284 g/mol. The molecule has 1 N–H and O–H groups in total. The summed E-state index contributed by atoms with van der Waals surface area (Å²) in [5, 5.41) is 13.7. The van der Waals surface area contributed by atoms with Crippen LogP contribution in [0.4, 0.5) is 11.4 Å². The fraction of sp³-hybridized carbons (Fsp3) is 0.538. The van der Waals surface area contributed by atoms with Gasteiger partial charge in [0, 0.05) is 45.0 Å². The van der Waals surface area contributed by atoms with Crippen LogP contribution in [-0.4, -0.2) is 45.5 Å². The number of nitrogens with zero attached hydrogens (tertiary/aromatic N) is 1. The Morgan fingerprint density at radius 2 is 2.00 bits per heavy atom. The summed E-state index contributed by atoms with van der Waals surface area (Å²) in [5.41, 5.74) is 0.647. The summed E-state index contributed by atoms with van der Waals surface area (Å²) in [6.45, 7) is 2.13. The molecule has 1 rings (SSSR count). The van der Waals surface area contributed by atoms with Crippen LogP contribution in [0.1, 0.15) is 6.42 Å². The first-order valence-corrected chi connectivity index (χ1v) is 6.34. The molecule has 0 heterocycles. The van der Waals surface area contributed by atoms with Gasteiger partial charge in [0.1, 0.15) is 5.75 Å². The molecular weight excluding hydrogens is 264 g/mol. The fourth-order valence-electron chi connectivity index (χ4n) is 1.51. The third kappa shape index (κ3) is 5.85. The Bertz CT molecular complexity index is 425. The number of anilines is 1. The van der Waals surface area contributed by atoms with Gasteiger partial charge in [0.15, 0.2) is 0 Å². The van der Waals surface area contributed by atoms with Gasteiger partial charge in [-0.1, -0.05) is 0 Å². The second-order valence-electron chi connectivity index (χ2n) is 4.03. The Morgan fingerprint density at radius 1 is 1.20 bits per heavy atom. The van der Waals surface area contributed by atoms with Crippen LogP contribution >= 0.6 is 0 Å². The molecule has 112 valence electrons. The molecule has 20 heavy (non-hydrogen) atoms. The van der Waals surface area contributed by atoms with Gasteiger partial charge >= 0.3 is 0 Å². The SMILES string of the molecule is CNc1cc(OCCCOCCOC)cc([N+](=O)[O-])c1. The van der Waals surface area contributed by atoms with E-state index in [9.17, 15) is 10.1 Å². The van der Waals surface area contributed by atoms with Crippen molar-refractivity contribution in [2.24, 2.45) is 0 Å². The smallest absolute Gasteiger partial charge is 0.275 e. The first kappa shape index (κ1) is 16.2. The fourth-order valence-corrected chi connectivity index (χ4v) is 1.51. The van der Waals surface area contributed by atoms with E-state index in [-0.39, 0.29) is 5.69 Å². The van der Waals surface area contributed by atoms with Crippen molar-refractivity contribution in [3.05, 3.63) is 28.3 Å². The van der Waals surface area contributed by atoms with E-state index in [1.54, 1.807) is 20.2 Å². The number of non-ortho nitro benzene ring substituents is 1. The predicted molar refractivity (Wildman–Crippen MR) is 75.5 cm³/mol. The van der Waals surface area contributed by atoms with Crippen LogP contribution in [-0.2, 0) is 9.47 Å². The molecule has 1 aromatic carbocycles. The number of nitro benzene ring substituents is 1. The number of hydrogen-bond donors (Lipinski definition) is 1. The lowest BCUT2D eigenvalue weighted by molar-refractivity contribution is -0.384. The highest BCUT2D eigenvalue weighted by molar-refractivity contribution is 5.55. The Morgan fingerprint density at radius 3 is 2.65 bits per heavy atom. The Balaban J connectivity index is 2.39. The molecule has 0 aliphatic rings. The summed E-state index contributed by atoms with van der Waals surface area (Å²) in [4.78, 5) is 10.3. The Hall–Kier alpha value is -1.86. The molecule has 1 aromatic rings. The van der Waals surface area contributed by atoms with Crippen LogP contribution in [0.15, 0.2) is 18.2 Å². The largest absolute Gasteiger partial charge is 0.493 e. The van der Waals surface area contributed by atoms with Gasteiger partial charge in [-0.2, -0.15) is 0 Å².